The molecule has 2 nitrogen and oxygen atoms in total. The Morgan fingerprint density at radius 1 is 1.25 bits per heavy atom. The van der Waals surface area contributed by atoms with Crippen LogP contribution >= 0.6 is 11.8 Å². The zero-order valence-electron chi connectivity index (χ0n) is 10.5. The first-order valence-corrected chi connectivity index (χ1v) is 7.54. The van der Waals surface area contributed by atoms with Gasteiger partial charge in [0.1, 0.15) is 0 Å². The van der Waals surface area contributed by atoms with Crippen LogP contribution in [0.2, 0.25) is 0 Å². The predicted molar refractivity (Wildman–Crippen MR) is 69.7 cm³/mol. The Kier molecular flexibility index (Phi) is 3.83. The molecule has 3 heteroatoms. The highest BCUT2D eigenvalue weighted by molar-refractivity contribution is 8.00. The molecule has 0 atom stereocenters. The second-order valence-corrected chi connectivity index (χ2v) is 7.07. The highest BCUT2D eigenvalue weighted by atomic mass is 32.2. The fourth-order valence-electron chi connectivity index (χ4n) is 2.90. The topological polar surface area (TPSA) is 20.3 Å². The number of hydrogen-bond acceptors (Lipinski definition) is 2. The Bertz CT molecular complexity index is 253. The van der Waals surface area contributed by atoms with Crippen LogP contribution in [0.4, 0.5) is 0 Å². The van der Waals surface area contributed by atoms with Crippen molar-refractivity contribution in [1.29, 1.82) is 0 Å². The van der Waals surface area contributed by atoms with Crippen LogP contribution < -0.4 is 0 Å². The molecule has 0 N–H and O–H groups in total. The second-order valence-electron chi connectivity index (χ2n) is 5.51. The molecule has 1 amide bonds. The lowest BCUT2D eigenvalue weighted by Crippen LogP contribution is -2.50. The molecule has 16 heavy (non-hydrogen) atoms. The average molecular weight is 241 g/mol. The van der Waals surface area contributed by atoms with Crippen molar-refractivity contribution in [2.45, 2.75) is 50.7 Å². The van der Waals surface area contributed by atoms with Crippen molar-refractivity contribution >= 4 is 17.7 Å². The minimum absolute atomic E-state index is 0.156. The maximum absolute atomic E-state index is 12.0. The van der Waals surface area contributed by atoms with Crippen molar-refractivity contribution < 1.29 is 4.79 Å². The molecule has 1 saturated heterocycles. The molecule has 0 unspecified atom stereocenters. The molecule has 1 heterocycles. The predicted octanol–water partition coefficient (Wildman–Crippen LogP) is 2.92. The molecular weight excluding hydrogens is 218 g/mol. The van der Waals surface area contributed by atoms with Gasteiger partial charge < -0.3 is 4.90 Å². The van der Waals surface area contributed by atoms with Crippen LogP contribution in [-0.4, -0.2) is 34.4 Å². The number of carbonyl (C=O) groups excluding carboxylic acids is 1. The summed E-state index contributed by atoms with van der Waals surface area (Å²) >= 11 is 2.13. The number of rotatable bonds is 1. The average Bonchev–Trinajstić information content (AvgIpc) is 2.29. The molecule has 1 aliphatic heterocycles. The third kappa shape index (κ3) is 2.55. The zero-order chi connectivity index (χ0) is 11.6. The normalized spacial score (nSPS) is 25.1. The lowest BCUT2D eigenvalue weighted by Gasteiger charge is -2.45. The smallest absolute Gasteiger partial charge is 0.225 e. The highest BCUT2D eigenvalue weighted by Gasteiger charge is 2.38. The molecule has 1 aliphatic carbocycles. The molecule has 2 rings (SSSR count). The van der Waals surface area contributed by atoms with Crippen molar-refractivity contribution in [2.75, 3.05) is 18.8 Å². The van der Waals surface area contributed by atoms with Crippen molar-refractivity contribution in [2.24, 2.45) is 5.92 Å². The molecule has 1 spiro atoms. The molecule has 2 aliphatic rings. The van der Waals surface area contributed by atoms with Crippen LogP contribution in [0.15, 0.2) is 0 Å². The lowest BCUT2D eigenvalue weighted by atomic mass is 9.87. The summed E-state index contributed by atoms with van der Waals surface area (Å²) in [7, 11) is 0. The van der Waals surface area contributed by atoms with Gasteiger partial charge in [-0.3, -0.25) is 4.79 Å². The molecule has 2 fully saturated rings. The maximum Gasteiger partial charge on any atom is 0.225 e. The van der Waals surface area contributed by atoms with E-state index in [4.69, 9.17) is 0 Å². The fourth-order valence-corrected chi connectivity index (χ4v) is 4.47. The van der Waals surface area contributed by atoms with Gasteiger partial charge in [0, 0.05) is 29.5 Å². The van der Waals surface area contributed by atoms with E-state index in [2.05, 4.69) is 16.7 Å². The number of nitrogens with zero attached hydrogens (tertiary/aromatic N) is 1. The van der Waals surface area contributed by atoms with Crippen LogP contribution in [-0.2, 0) is 4.79 Å². The van der Waals surface area contributed by atoms with Crippen LogP contribution in [0.25, 0.3) is 0 Å². The second kappa shape index (κ2) is 4.99. The number of carbonyl (C=O) groups is 1. The van der Waals surface area contributed by atoms with E-state index in [0.717, 1.165) is 18.8 Å². The van der Waals surface area contributed by atoms with E-state index in [1.165, 1.54) is 32.1 Å². The van der Waals surface area contributed by atoms with Crippen molar-refractivity contribution in [1.82, 2.24) is 4.90 Å². The van der Waals surface area contributed by atoms with E-state index < -0.39 is 0 Å². The minimum Gasteiger partial charge on any atom is -0.340 e. The van der Waals surface area contributed by atoms with Gasteiger partial charge in [0.05, 0.1) is 0 Å². The molecule has 92 valence electrons. The Hall–Kier alpha value is -0.180. The molecule has 0 radical (unpaired) electrons. The van der Waals surface area contributed by atoms with Gasteiger partial charge in [0.2, 0.25) is 5.91 Å². The van der Waals surface area contributed by atoms with E-state index in [0.29, 0.717) is 10.7 Å². The van der Waals surface area contributed by atoms with Crippen LogP contribution in [0.1, 0.15) is 46.0 Å². The standard InChI is InChI=1S/C13H23NOS/c1-11(2)12(15)14-8-9-16-13(10-14)6-4-3-5-7-13/h11H,3-10H2,1-2H3. The van der Waals surface area contributed by atoms with Crippen LogP contribution in [0.3, 0.4) is 0 Å². The molecule has 0 aromatic rings. The Balaban J connectivity index is 2.00. The number of thioether (sulfide) groups is 1. The van der Waals surface area contributed by atoms with Gasteiger partial charge in [0.25, 0.3) is 0 Å². The molecule has 0 aromatic carbocycles. The van der Waals surface area contributed by atoms with Gasteiger partial charge in [-0.25, -0.2) is 0 Å². The van der Waals surface area contributed by atoms with Gasteiger partial charge in [0.15, 0.2) is 0 Å². The zero-order valence-corrected chi connectivity index (χ0v) is 11.3. The van der Waals surface area contributed by atoms with E-state index in [1.807, 2.05) is 13.8 Å². The maximum atomic E-state index is 12.0. The van der Waals surface area contributed by atoms with Crippen molar-refractivity contribution in [3.63, 3.8) is 0 Å². The minimum atomic E-state index is 0.156. The van der Waals surface area contributed by atoms with E-state index in [9.17, 15) is 4.79 Å². The van der Waals surface area contributed by atoms with Crippen LogP contribution in [0.5, 0.6) is 0 Å². The van der Waals surface area contributed by atoms with Gasteiger partial charge in [-0.2, -0.15) is 11.8 Å². The summed E-state index contributed by atoms with van der Waals surface area (Å²) in [5.74, 6) is 1.65. The first-order chi connectivity index (χ1) is 7.63. The third-order valence-electron chi connectivity index (χ3n) is 3.82. The quantitative estimate of drug-likeness (QED) is 0.703. The van der Waals surface area contributed by atoms with Gasteiger partial charge >= 0.3 is 0 Å². The molecule has 1 saturated carbocycles. The Morgan fingerprint density at radius 3 is 2.56 bits per heavy atom. The summed E-state index contributed by atoms with van der Waals surface area (Å²) in [5.41, 5.74) is 0. The Labute approximate surface area is 103 Å². The van der Waals surface area contributed by atoms with Crippen LogP contribution in [0, 0.1) is 5.92 Å². The third-order valence-corrected chi connectivity index (χ3v) is 5.36. The lowest BCUT2D eigenvalue weighted by molar-refractivity contribution is -0.134. The molecule has 0 bridgehead atoms. The van der Waals surface area contributed by atoms with Gasteiger partial charge in [-0.15, -0.1) is 0 Å². The fraction of sp³-hybridized carbons (Fsp3) is 0.923. The molecular formula is C13H23NOS. The highest BCUT2D eigenvalue weighted by Crippen LogP contribution is 2.42. The largest absolute Gasteiger partial charge is 0.340 e. The van der Waals surface area contributed by atoms with E-state index in [-0.39, 0.29) is 5.92 Å². The number of amides is 1. The van der Waals surface area contributed by atoms with Crippen molar-refractivity contribution in [3.8, 4) is 0 Å². The summed E-state index contributed by atoms with van der Waals surface area (Å²) in [4.78, 5) is 14.2. The molecule has 0 aromatic heterocycles. The SMILES string of the molecule is CC(C)C(=O)N1CCSC2(CCCCC2)C1. The van der Waals surface area contributed by atoms with Gasteiger partial charge in [-0.1, -0.05) is 33.1 Å². The van der Waals surface area contributed by atoms with Gasteiger partial charge in [-0.05, 0) is 12.8 Å². The summed E-state index contributed by atoms with van der Waals surface area (Å²) in [5, 5.41) is 0. The first-order valence-electron chi connectivity index (χ1n) is 6.56. The summed E-state index contributed by atoms with van der Waals surface area (Å²) in [6, 6.07) is 0. The Morgan fingerprint density at radius 2 is 1.94 bits per heavy atom. The number of hydrogen-bond donors (Lipinski definition) is 0. The summed E-state index contributed by atoms with van der Waals surface area (Å²) in [6.45, 7) is 5.99. The van der Waals surface area contributed by atoms with Crippen molar-refractivity contribution in [3.05, 3.63) is 0 Å². The summed E-state index contributed by atoms with van der Waals surface area (Å²) < 4.78 is 0.418. The summed E-state index contributed by atoms with van der Waals surface area (Å²) in [6.07, 6.45) is 6.74. The van der Waals surface area contributed by atoms with E-state index >= 15 is 0 Å². The monoisotopic (exact) mass is 241 g/mol. The first kappa shape index (κ1) is 12.3. The van der Waals surface area contributed by atoms with E-state index in [1.54, 1.807) is 0 Å².